The molecule has 0 fully saturated rings. The van der Waals surface area contributed by atoms with Gasteiger partial charge in [0.05, 0.1) is 4.88 Å². The third-order valence-corrected chi connectivity index (χ3v) is 3.60. The van der Waals surface area contributed by atoms with E-state index >= 15 is 0 Å². The third kappa shape index (κ3) is 3.20. The second kappa shape index (κ2) is 5.67. The molecule has 0 spiro atoms. The van der Waals surface area contributed by atoms with Crippen LogP contribution in [0.1, 0.15) is 24.9 Å². The van der Waals surface area contributed by atoms with Crippen molar-refractivity contribution in [1.29, 1.82) is 0 Å². The summed E-state index contributed by atoms with van der Waals surface area (Å²) in [6.45, 7) is 1.96. The molecule has 5 heteroatoms. The summed E-state index contributed by atoms with van der Waals surface area (Å²) in [5.41, 5.74) is 1.23. The summed E-state index contributed by atoms with van der Waals surface area (Å²) in [5.74, 6) is -0.280. The van der Waals surface area contributed by atoms with Gasteiger partial charge in [-0.1, -0.05) is 0 Å². The summed E-state index contributed by atoms with van der Waals surface area (Å²) < 4.78 is 0. The van der Waals surface area contributed by atoms with Crippen LogP contribution in [0.15, 0.2) is 36.4 Å². The Hall–Kier alpha value is -2.14. The van der Waals surface area contributed by atoms with Crippen molar-refractivity contribution in [3.63, 3.8) is 0 Å². The van der Waals surface area contributed by atoms with Crippen LogP contribution in [-0.4, -0.2) is 18.9 Å². The van der Waals surface area contributed by atoms with Gasteiger partial charge in [0, 0.05) is 23.2 Å². The van der Waals surface area contributed by atoms with Crippen molar-refractivity contribution in [2.24, 2.45) is 0 Å². The van der Waals surface area contributed by atoms with Crippen LogP contribution in [0.25, 0.3) is 0 Å². The van der Waals surface area contributed by atoms with Crippen molar-refractivity contribution in [2.45, 2.75) is 6.92 Å². The van der Waals surface area contributed by atoms with E-state index in [0.29, 0.717) is 16.1 Å². The van der Waals surface area contributed by atoms with Gasteiger partial charge in [-0.3, -0.25) is 9.59 Å². The number of hydrogen-bond donors (Lipinski definition) is 2. The molecule has 1 aromatic carbocycles. The second-order valence-corrected chi connectivity index (χ2v) is 5.31. The van der Waals surface area contributed by atoms with E-state index in [1.165, 1.54) is 11.3 Å². The van der Waals surface area contributed by atoms with Gasteiger partial charge in [-0.05, 0) is 43.3 Å². The molecule has 0 aliphatic rings. The molecule has 2 rings (SSSR count). The number of carbonyl (C=O) groups excluding carboxylic acids is 2. The Morgan fingerprint density at radius 1 is 1.00 bits per heavy atom. The van der Waals surface area contributed by atoms with E-state index in [2.05, 4.69) is 10.6 Å². The first-order valence-corrected chi connectivity index (χ1v) is 6.62. The standard InChI is InChI=1S/C14H14N2O2S/c1-9-3-8-12(19-9)14(18)16-11-6-4-10(5-7-11)13(17)15-2/h3-8H,1-2H3,(H,15,17)(H,16,18). The number of carbonyl (C=O) groups is 2. The highest BCUT2D eigenvalue weighted by atomic mass is 32.1. The minimum Gasteiger partial charge on any atom is -0.355 e. The summed E-state index contributed by atoms with van der Waals surface area (Å²) in [7, 11) is 1.58. The lowest BCUT2D eigenvalue weighted by Crippen LogP contribution is -2.17. The molecule has 0 aliphatic heterocycles. The van der Waals surface area contributed by atoms with Crippen LogP contribution in [0.4, 0.5) is 5.69 Å². The van der Waals surface area contributed by atoms with Gasteiger partial charge in [0.2, 0.25) is 0 Å². The number of rotatable bonds is 3. The molecule has 2 amide bonds. The molecule has 0 unspecified atom stereocenters. The predicted octanol–water partition coefficient (Wildman–Crippen LogP) is 2.67. The minimum absolute atomic E-state index is 0.134. The van der Waals surface area contributed by atoms with E-state index in [1.807, 2.05) is 13.0 Å². The minimum atomic E-state index is -0.147. The van der Waals surface area contributed by atoms with Gasteiger partial charge in [0.15, 0.2) is 0 Å². The van der Waals surface area contributed by atoms with Gasteiger partial charge in [0.25, 0.3) is 11.8 Å². The average molecular weight is 274 g/mol. The zero-order valence-electron chi connectivity index (χ0n) is 10.7. The lowest BCUT2D eigenvalue weighted by Gasteiger charge is -2.05. The summed E-state index contributed by atoms with van der Waals surface area (Å²) in [6, 6.07) is 10.5. The highest BCUT2D eigenvalue weighted by Crippen LogP contribution is 2.17. The maximum Gasteiger partial charge on any atom is 0.265 e. The molecule has 2 N–H and O–H groups in total. The second-order valence-electron chi connectivity index (χ2n) is 4.02. The Balaban J connectivity index is 2.07. The lowest BCUT2D eigenvalue weighted by molar-refractivity contribution is 0.0962. The smallest absolute Gasteiger partial charge is 0.265 e. The number of anilines is 1. The number of aryl methyl sites for hydroxylation is 1. The SMILES string of the molecule is CNC(=O)c1ccc(NC(=O)c2ccc(C)s2)cc1. The van der Waals surface area contributed by atoms with E-state index in [1.54, 1.807) is 37.4 Å². The van der Waals surface area contributed by atoms with Gasteiger partial charge in [-0.15, -0.1) is 11.3 Å². The molecule has 0 saturated heterocycles. The first-order valence-electron chi connectivity index (χ1n) is 5.80. The van der Waals surface area contributed by atoms with Crippen LogP contribution >= 0.6 is 11.3 Å². The number of amides is 2. The van der Waals surface area contributed by atoms with Gasteiger partial charge < -0.3 is 10.6 Å². The fourth-order valence-electron chi connectivity index (χ4n) is 1.60. The largest absolute Gasteiger partial charge is 0.355 e. The summed E-state index contributed by atoms with van der Waals surface area (Å²) >= 11 is 1.45. The van der Waals surface area contributed by atoms with E-state index in [9.17, 15) is 9.59 Å². The van der Waals surface area contributed by atoms with E-state index < -0.39 is 0 Å². The monoisotopic (exact) mass is 274 g/mol. The summed E-state index contributed by atoms with van der Waals surface area (Å²) in [4.78, 5) is 25.1. The molecule has 98 valence electrons. The Morgan fingerprint density at radius 3 is 2.21 bits per heavy atom. The Labute approximate surface area is 115 Å². The highest BCUT2D eigenvalue weighted by Gasteiger charge is 2.09. The molecule has 2 aromatic rings. The third-order valence-electron chi connectivity index (χ3n) is 2.60. The van der Waals surface area contributed by atoms with E-state index in [0.717, 1.165) is 4.88 Å². The maximum absolute atomic E-state index is 11.9. The van der Waals surface area contributed by atoms with Crippen molar-refractivity contribution in [2.75, 3.05) is 12.4 Å². The Morgan fingerprint density at radius 2 is 1.68 bits per heavy atom. The molecule has 1 aromatic heterocycles. The normalized spacial score (nSPS) is 10.0. The lowest BCUT2D eigenvalue weighted by atomic mass is 10.2. The van der Waals surface area contributed by atoms with Crippen LogP contribution in [-0.2, 0) is 0 Å². The molecule has 19 heavy (non-hydrogen) atoms. The summed E-state index contributed by atoms with van der Waals surface area (Å²) in [6.07, 6.45) is 0. The van der Waals surface area contributed by atoms with Crippen LogP contribution in [0, 0.1) is 6.92 Å². The van der Waals surface area contributed by atoms with Gasteiger partial charge in [-0.25, -0.2) is 0 Å². The first-order chi connectivity index (χ1) is 9.10. The quantitative estimate of drug-likeness (QED) is 0.904. The van der Waals surface area contributed by atoms with Crippen LogP contribution in [0.3, 0.4) is 0 Å². The van der Waals surface area contributed by atoms with Crippen molar-refractivity contribution < 1.29 is 9.59 Å². The predicted molar refractivity (Wildman–Crippen MR) is 76.8 cm³/mol. The number of thiophene rings is 1. The molecule has 1 heterocycles. The van der Waals surface area contributed by atoms with Crippen LogP contribution in [0.2, 0.25) is 0 Å². The Kier molecular flexibility index (Phi) is 3.97. The number of benzene rings is 1. The van der Waals surface area contributed by atoms with Crippen molar-refractivity contribution in [3.05, 3.63) is 51.7 Å². The zero-order valence-corrected chi connectivity index (χ0v) is 11.5. The van der Waals surface area contributed by atoms with E-state index in [-0.39, 0.29) is 11.8 Å². The van der Waals surface area contributed by atoms with Crippen LogP contribution < -0.4 is 10.6 Å². The molecule has 0 atom stereocenters. The van der Waals surface area contributed by atoms with Crippen LogP contribution in [0.5, 0.6) is 0 Å². The Bertz CT molecular complexity index is 602. The molecular weight excluding hydrogens is 260 g/mol. The molecule has 0 radical (unpaired) electrons. The fourth-order valence-corrected chi connectivity index (χ4v) is 2.36. The average Bonchev–Trinajstić information content (AvgIpc) is 2.85. The van der Waals surface area contributed by atoms with Gasteiger partial charge in [0.1, 0.15) is 0 Å². The molecular formula is C14H14N2O2S. The zero-order chi connectivity index (χ0) is 13.8. The van der Waals surface area contributed by atoms with Crippen molar-refractivity contribution in [1.82, 2.24) is 5.32 Å². The fraction of sp³-hybridized carbons (Fsp3) is 0.143. The highest BCUT2D eigenvalue weighted by molar-refractivity contribution is 7.14. The number of nitrogens with one attached hydrogen (secondary N) is 2. The van der Waals surface area contributed by atoms with Gasteiger partial charge >= 0.3 is 0 Å². The summed E-state index contributed by atoms with van der Waals surface area (Å²) in [5, 5.41) is 5.34. The molecule has 4 nitrogen and oxygen atoms in total. The molecule has 0 saturated carbocycles. The van der Waals surface area contributed by atoms with Crippen molar-refractivity contribution in [3.8, 4) is 0 Å². The maximum atomic E-state index is 11.9. The topological polar surface area (TPSA) is 58.2 Å². The van der Waals surface area contributed by atoms with Crippen molar-refractivity contribution >= 4 is 28.8 Å². The van der Waals surface area contributed by atoms with Gasteiger partial charge in [-0.2, -0.15) is 0 Å². The first kappa shape index (κ1) is 13.3. The van der Waals surface area contributed by atoms with E-state index in [4.69, 9.17) is 0 Å². The molecule has 0 aliphatic carbocycles. The number of hydrogen-bond acceptors (Lipinski definition) is 3. The molecule has 0 bridgehead atoms.